The van der Waals surface area contributed by atoms with Gasteiger partial charge >= 0.3 is 0 Å². The predicted octanol–water partition coefficient (Wildman–Crippen LogP) is 5.16. The van der Waals surface area contributed by atoms with E-state index in [1.54, 1.807) is 23.1 Å². The summed E-state index contributed by atoms with van der Waals surface area (Å²) in [5.74, 6) is 0.268. The van der Waals surface area contributed by atoms with Gasteiger partial charge in [0.15, 0.2) is 11.7 Å². The van der Waals surface area contributed by atoms with Crippen molar-refractivity contribution in [3.8, 4) is 5.75 Å². The average molecular weight is 517 g/mol. The summed E-state index contributed by atoms with van der Waals surface area (Å²) in [6, 6.07) is 12.8. The molecule has 32 heavy (non-hydrogen) atoms. The van der Waals surface area contributed by atoms with Gasteiger partial charge in [-0.25, -0.2) is 4.98 Å². The molecule has 1 aromatic heterocycles. The molecule has 0 bridgehead atoms. The zero-order valence-corrected chi connectivity index (χ0v) is 20.5. The number of amides is 1. The van der Waals surface area contributed by atoms with Crippen molar-refractivity contribution in [3.05, 3.63) is 52.5 Å². The first kappa shape index (κ1) is 25.0. The van der Waals surface area contributed by atoms with Gasteiger partial charge in [0.2, 0.25) is 0 Å². The minimum Gasteiger partial charge on any atom is -0.482 e. The number of ether oxygens (including phenoxy) is 2. The maximum atomic E-state index is 13.1. The third-order valence-corrected chi connectivity index (χ3v) is 6.61. The Hall–Kier alpha value is -1.61. The van der Waals surface area contributed by atoms with Gasteiger partial charge in [-0.05, 0) is 36.8 Å². The number of nitrogens with zero attached hydrogens (tertiary/aromatic N) is 3. The van der Waals surface area contributed by atoms with Crippen molar-refractivity contribution >= 4 is 68.2 Å². The lowest BCUT2D eigenvalue weighted by atomic mass is 10.3. The lowest BCUT2D eigenvalue weighted by molar-refractivity contribution is -0.120. The molecule has 6 nitrogen and oxygen atoms in total. The number of morpholine rings is 1. The molecular formula is C22H24Cl3N3O3S. The van der Waals surface area contributed by atoms with Crippen LogP contribution in [-0.4, -0.2) is 61.8 Å². The number of anilines is 1. The molecule has 1 amide bonds. The second-order valence-electron chi connectivity index (χ2n) is 7.18. The Balaban J connectivity index is 0.00000289. The molecule has 0 spiro atoms. The van der Waals surface area contributed by atoms with E-state index in [9.17, 15) is 4.79 Å². The number of hydrogen-bond donors (Lipinski definition) is 0. The molecule has 0 unspecified atom stereocenters. The van der Waals surface area contributed by atoms with Gasteiger partial charge in [-0.2, -0.15) is 0 Å². The molecule has 1 fully saturated rings. The zero-order valence-electron chi connectivity index (χ0n) is 17.3. The van der Waals surface area contributed by atoms with Gasteiger partial charge in [0.1, 0.15) is 5.75 Å². The highest BCUT2D eigenvalue weighted by molar-refractivity contribution is 7.22. The van der Waals surface area contributed by atoms with Crippen LogP contribution in [0.2, 0.25) is 10.0 Å². The molecule has 2 aromatic carbocycles. The van der Waals surface area contributed by atoms with E-state index in [2.05, 4.69) is 9.88 Å². The van der Waals surface area contributed by atoms with Gasteiger partial charge in [-0.1, -0.05) is 46.7 Å². The standard InChI is InChI=1S/C22H23Cl2N3O3S.ClH/c23-16-6-7-19(17(24)14-16)30-15-21(28)27(9-3-8-26-10-12-29-13-11-26)22-25-18-4-1-2-5-20(18)31-22;/h1-2,4-7,14H,3,8-13,15H2;1H. The maximum Gasteiger partial charge on any atom is 0.266 e. The monoisotopic (exact) mass is 515 g/mol. The number of thiazole rings is 1. The second kappa shape index (κ2) is 12.0. The van der Waals surface area contributed by atoms with Gasteiger partial charge in [0, 0.05) is 31.2 Å². The van der Waals surface area contributed by atoms with Crippen LogP contribution in [0.4, 0.5) is 5.13 Å². The van der Waals surface area contributed by atoms with E-state index < -0.39 is 0 Å². The Morgan fingerprint density at radius 1 is 1.19 bits per heavy atom. The van der Waals surface area contributed by atoms with Gasteiger partial charge < -0.3 is 9.47 Å². The fraction of sp³-hybridized carbons (Fsp3) is 0.364. The van der Waals surface area contributed by atoms with E-state index in [1.807, 2.05) is 24.3 Å². The van der Waals surface area contributed by atoms with Crippen LogP contribution >= 0.6 is 46.9 Å². The Labute approximate surface area is 207 Å². The van der Waals surface area contributed by atoms with Crippen molar-refractivity contribution in [1.82, 2.24) is 9.88 Å². The van der Waals surface area contributed by atoms with Crippen LogP contribution in [0, 0.1) is 0 Å². The van der Waals surface area contributed by atoms with Crippen LogP contribution in [0.3, 0.4) is 0 Å². The molecule has 1 saturated heterocycles. The number of rotatable bonds is 8. The molecule has 10 heteroatoms. The summed E-state index contributed by atoms with van der Waals surface area (Å²) in [6.45, 7) is 4.71. The third kappa shape index (κ3) is 6.47. The quantitative estimate of drug-likeness (QED) is 0.414. The minimum absolute atomic E-state index is 0. The number of carbonyl (C=O) groups is 1. The topological polar surface area (TPSA) is 54.9 Å². The van der Waals surface area contributed by atoms with Crippen LogP contribution in [0.15, 0.2) is 42.5 Å². The highest BCUT2D eigenvalue weighted by atomic mass is 35.5. The average Bonchev–Trinajstić information content (AvgIpc) is 3.20. The van der Waals surface area contributed by atoms with Crippen LogP contribution in [0.25, 0.3) is 10.2 Å². The van der Waals surface area contributed by atoms with Gasteiger partial charge in [0.05, 0.1) is 28.5 Å². The Morgan fingerprint density at radius 3 is 2.72 bits per heavy atom. The molecule has 0 saturated carbocycles. The van der Waals surface area contributed by atoms with Crippen molar-refractivity contribution in [1.29, 1.82) is 0 Å². The highest BCUT2D eigenvalue weighted by Crippen LogP contribution is 2.30. The summed E-state index contributed by atoms with van der Waals surface area (Å²) in [7, 11) is 0. The third-order valence-electron chi connectivity index (χ3n) is 5.02. The number of fused-ring (bicyclic) bond motifs is 1. The summed E-state index contributed by atoms with van der Waals surface area (Å²) in [4.78, 5) is 21.9. The summed E-state index contributed by atoms with van der Waals surface area (Å²) in [6.07, 6.45) is 0.837. The highest BCUT2D eigenvalue weighted by Gasteiger charge is 2.21. The van der Waals surface area contributed by atoms with Crippen LogP contribution in [-0.2, 0) is 9.53 Å². The van der Waals surface area contributed by atoms with Crippen LogP contribution in [0.1, 0.15) is 6.42 Å². The summed E-state index contributed by atoms with van der Waals surface area (Å²) in [5.41, 5.74) is 0.884. The molecule has 1 aliphatic rings. The fourth-order valence-electron chi connectivity index (χ4n) is 3.39. The first-order valence-electron chi connectivity index (χ1n) is 10.1. The molecule has 172 valence electrons. The van der Waals surface area contributed by atoms with E-state index in [4.69, 9.17) is 32.7 Å². The van der Waals surface area contributed by atoms with E-state index in [1.165, 1.54) is 11.3 Å². The number of halogens is 3. The second-order valence-corrected chi connectivity index (χ2v) is 9.03. The van der Waals surface area contributed by atoms with E-state index in [-0.39, 0.29) is 24.9 Å². The number of hydrogen-bond acceptors (Lipinski definition) is 6. The van der Waals surface area contributed by atoms with E-state index in [0.717, 1.165) is 49.5 Å². The molecule has 0 N–H and O–H groups in total. The Morgan fingerprint density at radius 2 is 1.97 bits per heavy atom. The largest absolute Gasteiger partial charge is 0.482 e. The van der Waals surface area contributed by atoms with E-state index in [0.29, 0.717) is 27.5 Å². The lowest BCUT2D eigenvalue weighted by Crippen LogP contribution is -2.40. The van der Waals surface area contributed by atoms with Crippen molar-refractivity contribution in [2.75, 3.05) is 50.9 Å². The predicted molar refractivity (Wildman–Crippen MR) is 133 cm³/mol. The Bertz CT molecular complexity index is 1010. The van der Waals surface area contributed by atoms with Crippen LogP contribution < -0.4 is 9.64 Å². The molecule has 0 radical (unpaired) electrons. The maximum absolute atomic E-state index is 13.1. The normalized spacial score (nSPS) is 14.2. The number of para-hydroxylation sites is 1. The fourth-order valence-corrected chi connectivity index (χ4v) is 4.86. The van der Waals surface area contributed by atoms with Crippen molar-refractivity contribution in [2.45, 2.75) is 6.42 Å². The first-order chi connectivity index (χ1) is 15.1. The van der Waals surface area contributed by atoms with Gasteiger partial charge in [0.25, 0.3) is 5.91 Å². The smallest absolute Gasteiger partial charge is 0.266 e. The number of benzene rings is 2. The summed E-state index contributed by atoms with van der Waals surface area (Å²) in [5, 5.41) is 1.57. The Kier molecular flexibility index (Phi) is 9.40. The SMILES string of the molecule is Cl.O=C(COc1ccc(Cl)cc1Cl)N(CCCN1CCOCC1)c1nc2ccccc2s1. The molecule has 1 aliphatic heterocycles. The van der Waals surface area contributed by atoms with Gasteiger partial charge in [-0.3, -0.25) is 14.6 Å². The summed E-state index contributed by atoms with van der Waals surface area (Å²) < 4.78 is 12.2. The first-order valence-corrected chi connectivity index (χ1v) is 11.7. The van der Waals surface area contributed by atoms with Crippen molar-refractivity contribution < 1.29 is 14.3 Å². The molecular weight excluding hydrogens is 493 g/mol. The van der Waals surface area contributed by atoms with E-state index >= 15 is 0 Å². The molecule has 3 aromatic rings. The molecule has 2 heterocycles. The zero-order chi connectivity index (χ0) is 21.6. The van der Waals surface area contributed by atoms with Crippen LogP contribution in [0.5, 0.6) is 5.75 Å². The molecule has 4 rings (SSSR count). The van der Waals surface area contributed by atoms with Gasteiger partial charge in [-0.15, -0.1) is 12.4 Å². The van der Waals surface area contributed by atoms with Crippen molar-refractivity contribution in [2.24, 2.45) is 0 Å². The lowest BCUT2D eigenvalue weighted by Gasteiger charge is -2.27. The number of carbonyl (C=O) groups excluding carboxylic acids is 1. The molecule has 0 atom stereocenters. The summed E-state index contributed by atoms with van der Waals surface area (Å²) >= 11 is 13.6. The van der Waals surface area contributed by atoms with Crippen molar-refractivity contribution in [3.63, 3.8) is 0 Å². The number of aromatic nitrogens is 1. The molecule has 0 aliphatic carbocycles. The minimum atomic E-state index is -0.160.